The fourth-order valence-electron chi connectivity index (χ4n) is 1.01. The molecule has 0 amide bonds. The minimum Gasteiger partial charge on any atom is -0.399 e. The van der Waals surface area contributed by atoms with Crippen molar-refractivity contribution in [1.29, 1.82) is 0 Å². The molecule has 78 valence electrons. The van der Waals surface area contributed by atoms with Gasteiger partial charge in [-0.05, 0) is 38.1 Å². The van der Waals surface area contributed by atoms with Gasteiger partial charge in [0.15, 0.2) is 0 Å². The summed E-state index contributed by atoms with van der Waals surface area (Å²) in [7, 11) is 0. The number of thioether (sulfide) groups is 1. The van der Waals surface area contributed by atoms with Crippen LogP contribution in [0.15, 0.2) is 29.2 Å². The first-order chi connectivity index (χ1) is 6.68. The van der Waals surface area contributed by atoms with Gasteiger partial charge >= 0.3 is 0 Å². The largest absolute Gasteiger partial charge is 0.399 e. The van der Waals surface area contributed by atoms with E-state index in [4.69, 9.17) is 10.5 Å². The topological polar surface area (TPSA) is 35.2 Å². The number of ether oxygens (including phenoxy) is 1. The maximum Gasteiger partial charge on any atom is 0.0563 e. The van der Waals surface area contributed by atoms with Gasteiger partial charge in [-0.25, -0.2) is 0 Å². The molecule has 1 aromatic rings. The van der Waals surface area contributed by atoms with Crippen LogP contribution in [0.3, 0.4) is 0 Å². The molecule has 0 aliphatic carbocycles. The number of nitrogen functional groups attached to an aromatic ring is 1. The third kappa shape index (κ3) is 4.53. The summed E-state index contributed by atoms with van der Waals surface area (Å²) in [6.45, 7) is 4.90. The molecule has 0 bridgehead atoms. The zero-order chi connectivity index (χ0) is 10.4. The minimum atomic E-state index is 0.321. The molecule has 0 unspecified atom stereocenters. The van der Waals surface area contributed by atoms with Crippen molar-refractivity contribution in [3.05, 3.63) is 24.3 Å². The van der Waals surface area contributed by atoms with Crippen LogP contribution in [0.5, 0.6) is 0 Å². The van der Waals surface area contributed by atoms with Crippen molar-refractivity contribution in [2.45, 2.75) is 24.8 Å². The summed E-state index contributed by atoms with van der Waals surface area (Å²) in [5, 5.41) is 0. The van der Waals surface area contributed by atoms with E-state index < -0.39 is 0 Å². The normalized spacial score (nSPS) is 10.8. The maximum atomic E-state index is 5.59. The van der Waals surface area contributed by atoms with Crippen molar-refractivity contribution in [3.63, 3.8) is 0 Å². The van der Waals surface area contributed by atoms with Crippen LogP contribution in [0, 0.1) is 0 Å². The highest BCUT2D eigenvalue weighted by Crippen LogP contribution is 2.18. The molecule has 0 aliphatic heterocycles. The van der Waals surface area contributed by atoms with Crippen molar-refractivity contribution in [2.24, 2.45) is 0 Å². The Balaban J connectivity index is 2.21. The van der Waals surface area contributed by atoms with E-state index in [0.717, 1.165) is 18.0 Å². The molecule has 0 aromatic heterocycles. The zero-order valence-corrected chi connectivity index (χ0v) is 9.51. The van der Waals surface area contributed by atoms with Gasteiger partial charge in [-0.1, -0.05) is 0 Å². The Hall–Kier alpha value is -0.670. The molecule has 0 radical (unpaired) electrons. The van der Waals surface area contributed by atoms with Crippen molar-refractivity contribution < 1.29 is 4.74 Å². The Morgan fingerprint density at radius 3 is 2.50 bits per heavy atom. The molecule has 1 aromatic carbocycles. The Labute approximate surface area is 89.8 Å². The van der Waals surface area contributed by atoms with E-state index in [2.05, 4.69) is 0 Å². The molecular weight excluding hydrogens is 194 g/mol. The van der Waals surface area contributed by atoms with Gasteiger partial charge in [0.05, 0.1) is 12.7 Å². The maximum absolute atomic E-state index is 5.59. The van der Waals surface area contributed by atoms with Crippen molar-refractivity contribution in [2.75, 3.05) is 18.1 Å². The number of rotatable bonds is 5. The second-order valence-electron chi connectivity index (χ2n) is 3.34. The predicted molar refractivity (Wildman–Crippen MR) is 62.7 cm³/mol. The highest BCUT2D eigenvalue weighted by Gasteiger charge is 1.95. The van der Waals surface area contributed by atoms with Gasteiger partial charge in [0, 0.05) is 16.3 Å². The molecule has 0 saturated carbocycles. The highest BCUT2D eigenvalue weighted by atomic mass is 32.2. The van der Waals surface area contributed by atoms with E-state index in [0.29, 0.717) is 6.10 Å². The molecule has 0 spiro atoms. The molecule has 3 heteroatoms. The molecule has 1 rings (SSSR count). The average molecular weight is 211 g/mol. The molecule has 2 N–H and O–H groups in total. The Morgan fingerprint density at radius 1 is 1.29 bits per heavy atom. The van der Waals surface area contributed by atoms with E-state index in [-0.39, 0.29) is 0 Å². The minimum absolute atomic E-state index is 0.321. The quantitative estimate of drug-likeness (QED) is 0.462. The van der Waals surface area contributed by atoms with Crippen LogP contribution in [0.1, 0.15) is 13.8 Å². The van der Waals surface area contributed by atoms with E-state index in [9.17, 15) is 0 Å². The van der Waals surface area contributed by atoms with Crippen LogP contribution in [-0.4, -0.2) is 18.5 Å². The lowest BCUT2D eigenvalue weighted by Crippen LogP contribution is -2.05. The molecule has 0 fully saturated rings. The van der Waals surface area contributed by atoms with Gasteiger partial charge in [0.1, 0.15) is 0 Å². The lowest BCUT2D eigenvalue weighted by molar-refractivity contribution is 0.0920. The second-order valence-corrected chi connectivity index (χ2v) is 4.51. The van der Waals surface area contributed by atoms with E-state index in [1.165, 1.54) is 4.90 Å². The Bertz CT molecular complexity index is 258. The number of hydrogen-bond acceptors (Lipinski definition) is 3. The van der Waals surface area contributed by atoms with Crippen LogP contribution in [0.4, 0.5) is 5.69 Å². The molecular formula is C11H17NOS. The molecule has 0 aliphatic rings. The summed E-state index contributed by atoms with van der Waals surface area (Å²) in [5.41, 5.74) is 6.40. The summed E-state index contributed by atoms with van der Waals surface area (Å²) >= 11 is 1.79. The van der Waals surface area contributed by atoms with E-state index in [1.54, 1.807) is 11.8 Å². The van der Waals surface area contributed by atoms with Gasteiger partial charge < -0.3 is 10.5 Å². The van der Waals surface area contributed by atoms with E-state index in [1.807, 2.05) is 38.1 Å². The van der Waals surface area contributed by atoms with Crippen LogP contribution in [0.2, 0.25) is 0 Å². The lowest BCUT2D eigenvalue weighted by atomic mass is 10.3. The molecule has 2 nitrogen and oxygen atoms in total. The van der Waals surface area contributed by atoms with Gasteiger partial charge in [0.25, 0.3) is 0 Å². The third-order valence-corrected chi connectivity index (χ3v) is 2.66. The highest BCUT2D eigenvalue weighted by molar-refractivity contribution is 7.99. The fraction of sp³-hybridized carbons (Fsp3) is 0.455. The van der Waals surface area contributed by atoms with Crippen LogP contribution < -0.4 is 5.73 Å². The van der Waals surface area contributed by atoms with Gasteiger partial charge in [0.2, 0.25) is 0 Å². The van der Waals surface area contributed by atoms with Crippen molar-refractivity contribution >= 4 is 17.4 Å². The van der Waals surface area contributed by atoms with Crippen LogP contribution >= 0.6 is 11.8 Å². The predicted octanol–water partition coefficient (Wildman–Crippen LogP) is 2.79. The SMILES string of the molecule is CC(C)OCCSc1ccc(N)cc1. The van der Waals surface area contributed by atoms with E-state index >= 15 is 0 Å². The van der Waals surface area contributed by atoms with Crippen LogP contribution in [0.25, 0.3) is 0 Å². The van der Waals surface area contributed by atoms with Crippen LogP contribution in [-0.2, 0) is 4.74 Å². The van der Waals surface area contributed by atoms with Crippen molar-refractivity contribution in [3.8, 4) is 0 Å². The summed E-state index contributed by atoms with van der Waals surface area (Å²) in [6, 6.07) is 7.92. The fourth-order valence-corrected chi connectivity index (χ4v) is 1.75. The molecule has 0 atom stereocenters. The number of benzene rings is 1. The second kappa shape index (κ2) is 5.94. The average Bonchev–Trinajstić information content (AvgIpc) is 2.15. The Kier molecular flexibility index (Phi) is 4.84. The van der Waals surface area contributed by atoms with Gasteiger partial charge in [-0.2, -0.15) is 0 Å². The number of anilines is 1. The lowest BCUT2D eigenvalue weighted by Gasteiger charge is -2.06. The first-order valence-electron chi connectivity index (χ1n) is 4.78. The van der Waals surface area contributed by atoms with Crippen molar-refractivity contribution in [1.82, 2.24) is 0 Å². The molecule has 0 heterocycles. The summed E-state index contributed by atoms with van der Waals surface area (Å²) in [4.78, 5) is 1.24. The Morgan fingerprint density at radius 2 is 1.93 bits per heavy atom. The first kappa shape index (κ1) is 11.4. The van der Waals surface area contributed by atoms with Gasteiger partial charge in [-0.15, -0.1) is 11.8 Å². The number of nitrogens with two attached hydrogens (primary N) is 1. The first-order valence-corrected chi connectivity index (χ1v) is 5.77. The smallest absolute Gasteiger partial charge is 0.0563 e. The molecule has 14 heavy (non-hydrogen) atoms. The summed E-state index contributed by atoms with van der Waals surface area (Å²) in [5.74, 6) is 0.988. The summed E-state index contributed by atoms with van der Waals surface area (Å²) in [6.07, 6.45) is 0.321. The third-order valence-electron chi connectivity index (χ3n) is 1.68. The standard InChI is InChI=1S/C11H17NOS/c1-9(2)13-7-8-14-11-5-3-10(12)4-6-11/h3-6,9H,7-8,12H2,1-2H3. The monoisotopic (exact) mass is 211 g/mol. The van der Waals surface area contributed by atoms with Gasteiger partial charge in [-0.3, -0.25) is 0 Å². The number of hydrogen-bond donors (Lipinski definition) is 1. The molecule has 0 saturated heterocycles. The zero-order valence-electron chi connectivity index (χ0n) is 8.69. The summed E-state index contributed by atoms with van der Waals surface area (Å²) < 4.78 is 5.44.